The zero-order chi connectivity index (χ0) is 24.1. The van der Waals surface area contributed by atoms with Crippen LogP contribution < -0.4 is 10.8 Å². The number of fused-ring (bicyclic) bond motifs is 1. The first-order chi connectivity index (χ1) is 15.5. The van der Waals surface area contributed by atoms with Crippen molar-refractivity contribution in [3.05, 3.63) is 59.9 Å². The number of nitrogens with one attached hydrogen (secondary N) is 2. The highest BCUT2D eigenvalue weighted by molar-refractivity contribution is 7.13. The number of aryl methyl sites for hydroxylation is 1. The SMILES string of the molecule is C.C=COCCONC(=O)c1cc2snnc2c(F)c1Nc1ccc(C)cc1F.CC.CC. The average Bonchev–Trinajstić information content (AvgIpc) is 3.28. The predicted molar refractivity (Wildman–Crippen MR) is 131 cm³/mol. The summed E-state index contributed by atoms with van der Waals surface area (Å²) in [6.07, 6.45) is 1.24. The van der Waals surface area contributed by atoms with E-state index in [1.165, 1.54) is 24.5 Å². The Morgan fingerprint density at radius 1 is 1.18 bits per heavy atom. The third kappa shape index (κ3) is 8.07. The van der Waals surface area contributed by atoms with Gasteiger partial charge in [-0.05, 0) is 42.2 Å². The number of carbonyl (C=O) groups excluding carboxylic acids is 1. The van der Waals surface area contributed by atoms with Gasteiger partial charge in [0.2, 0.25) is 0 Å². The van der Waals surface area contributed by atoms with Crippen LogP contribution in [0.15, 0.2) is 37.1 Å². The fraction of sp³-hybridized carbons (Fsp3) is 0.348. The Labute approximate surface area is 197 Å². The highest BCUT2D eigenvalue weighted by Crippen LogP contribution is 2.32. The van der Waals surface area contributed by atoms with Gasteiger partial charge in [-0.1, -0.05) is 52.3 Å². The second kappa shape index (κ2) is 15.7. The molecule has 0 aliphatic carbocycles. The summed E-state index contributed by atoms with van der Waals surface area (Å²) in [5, 5.41) is 6.37. The van der Waals surface area contributed by atoms with Gasteiger partial charge < -0.3 is 10.1 Å². The molecule has 1 aromatic heterocycles. The molecule has 33 heavy (non-hydrogen) atoms. The molecule has 0 fully saturated rings. The number of aromatic nitrogens is 2. The fourth-order valence-corrected chi connectivity index (χ4v) is 2.98. The van der Waals surface area contributed by atoms with Crippen LogP contribution in [-0.2, 0) is 9.57 Å². The molecule has 0 bridgehead atoms. The van der Waals surface area contributed by atoms with Gasteiger partial charge in [-0.2, -0.15) is 0 Å². The van der Waals surface area contributed by atoms with Crippen LogP contribution in [0.1, 0.15) is 51.0 Å². The van der Waals surface area contributed by atoms with E-state index in [-0.39, 0.29) is 43.1 Å². The van der Waals surface area contributed by atoms with E-state index in [1.807, 2.05) is 27.7 Å². The third-order valence-electron chi connectivity index (χ3n) is 3.70. The van der Waals surface area contributed by atoms with Gasteiger partial charge in [0.05, 0.1) is 27.9 Å². The average molecular weight is 483 g/mol. The first-order valence-corrected chi connectivity index (χ1v) is 10.9. The summed E-state index contributed by atoms with van der Waals surface area (Å²) < 4.78 is 38.1. The van der Waals surface area contributed by atoms with Crippen LogP contribution in [0.5, 0.6) is 0 Å². The van der Waals surface area contributed by atoms with E-state index in [1.54, 1.807) is 13.0 Å². The lowest BCUT2D eigenvalue weighted by atomic mass is 10.1. The second-order valence-electron chi connectivity index (χ2n) is 5.66. The molecule has 0 atom stereocenters. The normalized spacial score (nSPS) is 9.42. The molecule has 0 spiro atoms. The van der Waals surface area contributed by atoms with E-state index in [0.717, 1.165) is 11.5 Å². The minimum Gasteiger partial charge on any atom is -0.499 e. The number of hydrogen-bond acceptors (Lipinski definition) is 7. The number of benzene rings is 2. The van der Waals surface area contributed by atoms with Gasteiger partial charge >= 0.3 is 0 Å². The van der Waals surface area contributed by atoms with Gasteiger partial charge in [0.15, 0.2) is 5.82 Å². The van der Waals surface area contributed by atoms with Crippen LogP contribution in [0, 0.1) is 18.6 Å². The number of hydroxylamine groups is 1. The quantitative estimate of drug-likeness (QED) is 0.216. The third-order valence-corrected chi connectivity index (χ3v) is 4.37. The Bertz CT molecular complexity index is 1030. The van der Waals surface area contributed by atoms with Gasteiger partial charge in [0, 0.05) is 0 Å². The Morgan fingerprint density at radius 2 is 1.88 bits per heavy atom. The van der Waals surface area contributed by atoms with Crippen molar-refractivity contribution >= 4 is 39.0 Å². The van der Waals surface area contributed by atoms with Gasteiger partial charge in [0.25, 0.3) is 5.91 Å². The molecular formula is C23H32F2N4O3S. The summed E-state index contributed by atoms with van der Waals surface area (Å²) in [5.41, 5.74) is 2.59. The first kappa shape index (κ1) is 29.9. The topological polar surface area (TPSA) is 85.4 Å². The van der Waals surface area contributed by atoms with E-state index in [9.17, 15) is 13.6 Å². The molecule has 3 aromatic rings. The van der Waals surface area contributed by atoms with Gasteiger partial charge in [-0.3, -0.25) is 9.63 Å². The van der Waals surface area contributed by atoms with Crippen molar-refractivity contribution < 1.29 is 23.1 Å². The summed E-state index contributed by atoms with van der Waals surface area (Å²) in [6.45, 7) is 13.3. The van der Waals surface area contributed by atoms with E-state index in [2.05, 4.69) is 27.0 Å². The smallest absolute Gasteiger partial charge is 0.277 e. The number of amides is 1. The molecule has 1 heterocycles. The van der Waals surface area contributed by atoms with Crippen LogP contribution in [0.4, 0.5) is 20.2 Å². The number of rotatable bonds is 8. The molecule has 10 heteroatoms. The molecule has 0 aliphatic heterocycles. The molecule has 182 valence electrons. The molecule has 0 saturated carbocycles. The first-order valence-electron chi connectivity index (χ1n) is 10.1. The van der Waals surface area contributed by atoms with Gasteiger partial charge in [-0.15, -0.1) is 5.10 Å². The molecule has 0 unspecified atom stereocenters. The molecule has 0 aliphatic rings. The minimum atomic E-state index is -0.814. The van der Waals surface area contributed by atoms with Crippen molar-refractivity contribution in [1.29, 1.82) is 0 Å². The molecule has 2 aromatic carbocycles. The Kier molecular flexibility index (Phi) is 14.2. The molecule has 0 radical (unpaired) electrons. The van der Waals surface area contributed by atoms with Crippen molar-refractivity contribution in [2.24, 2.45) is 0 Å². The van der Waals surface area contributed by atoms with Gasteiger partial charge in [-0.25, -0.2) is 14.3 Å². The summed E-state index contributed by atoms with van der Waals surface area (Å²) in [6, 6.07) is 5.83. The molecular weight excluding hydrogens is 450 g/mol. The van der Waals surface area contributed by atoms with Crippen molar-refractivity contribution in [3.63, 3.8) is 0 Å². The summed E-state index contributed by atoms with van der Waals surface area (Å²) >= 11 is 0.933. The number of nitrogens with zero attached hydrogens (tertiary/aromatic N) is 2. The number of carbonyl (C=O) groups is 1. The van der Waals surface area contributed by atoms with Gasteiger partial charge in [0.1, 0.15) is 24.5 Å². The van der Waals surface area contributed by atoms with E-state index >= 15 is 0 Å². The highest BCUT2D eigenvalue weighted by Gasteiger charge is 2.22. The lowest BCUT2D eigenvalue weighted by molar-refractivity contribution is 0.0145. The Hall–Kier alpha value is -3.11. The van der Waals surface area contributed by atoms with Crippen molar-refractivity contribution in [3.8, 4) is 0 Å². The van der Waals surface area contributed by atoms with E-state index in [0.29, 0.717) is 10.3 Å². The number of halogens is 2. The number of hydrogen-bond donors (Lipinski definition) is 2. The minimum absolute atomic E-state index is 0. The van der Waals surface area contributed by atoms with Crippen LogP contribution in [-0.4, -0.2) is 28.7 Å². The maximum absolute atomic E-state index is 15.0. The maximum Gasteiger partial charge on any atom is 0.277 e. The monoisotopic (exact) mass is 482 g/mol. The van der Waals surface area contributed by atoms with Crippen LogP contribution in [0.3, 0.4) is 0 Å². The zero-order valence-corrected chi connectivity index (χ0v) is 19.6. The van der Waals surface area contributed by atoms with E-state index in [4.69, 9.17) is 9.57 Å². The van der Waals surface area contributed by atoms with E-state index < -0.39 is 17.5 Å². The maximum atomic E-state index is 15.0. The standard InChI is InChI=1S/C18H16F2N4O3S.2C2H6.CH4/c1-3-26-6-7-27-23-18(25)11-9-14-17(22-24-28-14)15(20)16(11)21-13-5-4-10(2)8-12(13)19;2*1-2;/h3-5,8-9,21H,1,6-7H2,2H3,(H,23,25);2*1-2H3;1H4. The summed E-state index contributed by atoms with van der Waals surface area (Å²) in [5.74, 6) is -2.12. The zero-order valence-electron chi connectivity index (χ0n) is 18.8. The Morgan fingerprint density at radius 3 is 2.52 bits per heavy atom. The number of anilines is 2. The lowest BCUT2D eigenvalue weighted by Gasteiger charge is -2.14. The molecule has 3 rings (SSSR count). The lowest BCUT2D eigenvalue weighted by Crippen LogP contribution is -2.26. The van der Waals surface area contributed by atoms with Crippen molar-refractivity contribution in [1.82, 2.24) is 15.1 Å². The molecule has 1 amide bonds. The van der Waals surface area contributed by atoms with Crippen LogP contribution >= 0.6 is 11.5 Å². The Balaban J connectivity index is 0.00000194. The number of ether oxygens (including phenoxy) is 1. The van der Waals surface area contributed by atoms with Crippen LogP contribution in [0.2, 0.25) is 0 Å². The fourth-order valence-electron chi connectivity index (χ4n) is 2.39. The van der Waals surface area contributed by atoms with Crippen molar-refractivity contribution in [2.45, 2.75) is 42.0 Å². The van der Waals surface area contributed by atoms with Crippen molar-refractivity contribution in [2.75, 3.05) is 18.5 Å². The summed E-state index contributed by atoms with van der Waals surface area (Å²) in [7, 11) is 0. The second-order valence-corrected chi connectivity index (χ2v) is 6.44. The summed E-state index contributed by atoms with van der Waals surface area (Å²) in [4.78, 5) is 17.5. The van der Waals surface area contributed by atoms with Crippen LogP contribution in [0.25, 0.3) is 10.2 Å². The molecule has 0 saturated heterocycles. The molecule has 2 N–H and O–H groups in total. The predicted octanol–water partition coefficient (Wildman–Crippen LogP) is 6.53. The largest absolute Gasteiger partial charge is 0.499 e. The highest BCUT2D eigenvalue weighted by atomic mass is 32.1. The molecule has 7 nitrogen and oxygen atoms in total.